The Morgan fingerprint density at radius 2 is 1.58 bits per heavy atom. The molecule has 1 heterocycles. The topological polar surface area (TPSA) is 54.7 Å². The second kappa shape index (κ2) is 10.7. The summed E-state index contributed by atoms with van der Waals surface area (Å²) in [4.78, 5) is 14.9. The molecule has 0 spiro atoms. The molecule has 0 saturated carbocycles. The minimum absolute atomic E-state index is 0.260. The van der Waals surface area contributed by atoms with Crippen molar-refractivity contribution < 1.29 is 13.9 Å². The number of hydrogen-bond acceptors (Lipinski definition) is 4. The van der Waals surface area contributed by atoms with Gasteiger partial charge < -0.3 is 14.5 Å². The molecular formula is C28H28N2O3. The number of anilines is 1. The smallest absolute Gasteiger partial charge is 0.291 e. The summed E-state index contributed by atoms with van der Waals surface area (Å²) in [6.45, 7) is 4.00. The van der Waals surface area contributed by atoms with E-state index >= 15 is 0 Å². The predicted octanol–water partition coefficient (Wildman–Crippen LogP) is 6.05. The van der Waals surface area contributed by atoms with Crippen molar-refractivity contribution in [3.05, 3.63) is 119 Å². The van der Waals surface area contributed by atoms with E-state index in [0.717, 1.165) is 34.9 Å². The largest absolute Gasteiger partial charge is 0.496 e. The summed E-state index contributed by atoms with van der Waals surface area (Å²) >= 11 is 0. The predicted molar refractivity (Wildman–Crippen MR) is 130 cm³/mol. The van der Waals surface area contributed by atoms with Gasteiger partial charge in [-0.2, -0.15) is 0 Å². The Labute approximate surface area is 194 Å². The van der Waals surface area contributed by atoms with Gasteiger partial charge in [0.05, 0.1) is 13.7 Å². The average Bonchev–Trinajstić information content (AvgIpc) is 3.30. The van der Waals surface area contributed by atoms with Crippen molar-refractivity contribution in [1.29, 1.82) is 0 Å². The van der Waals surface area contributed by atoms with Crippen LogP contribution in [0.5, 0.6) is 5.75 Å². The van der Waals surface area contributed by atoms with Crippen LogP contribution in [0.25, 0.3) is 0 Å². The Balaban J connectivity index is 1.49. The van der Waals surface area contributed by atoms with Crippen molar-refractivity contribution in [2.24, 2.45) is 0 Å². The summed E-state index contributed by atoms with van der Waals surface area (Å²) in [7, 11) is 1.69. The molecule has 0 fully saturated rings. The van der Waals surface area contributed by atoms with Crippen LogP contribution < -0.4 is 10.1 Å². The van der Waals surface area contributed by atoms with Gasteiger partial charge in [0.15, 0.2) is 5.76 Å². The maximum Gasteiger partial charge on any atom is 0.291 e. The molecule has 4 rings (SSSR count). The lowest BCUT2D eigenvalue weighted by molar-refractivity contribution is 0.0992. The van der Waals surface area contributed by atoms with Gasteiger partial charge in [-0.25, -0.2) is 0 Å². The number of rotatable bonds is 9. The Bertz CT molecular complexity index is 1180. The summed E-state index contributed by atoms with van der Waals surface area (Å²) in [5.41, 5.74) is 4.18. The number of para-hydroxylation sites is 1. The number of nitrogens with one attached hydrogen (secondary N) is 1. The van der Waals surface area contributed by atoms with Crippen LogP contribution in [0, 0.1) is 6.92 Å². The molecule has 1 N–H and O–H groups in total. The second-order valence-electron chi connectivity index (χ2n) is 8.03. The zero-order valence-electron chi connectivity index (χ0n) is 19.0. The van der Waals surface area contributed by atoms with Gasteiger partial charge in [-0.1, -0.05) is 66.2 Å². The van der Waals surface area contributed by atoms with Gasteiger partial charge >= 0.3 is 0 Å². The minimum atomic E-state index is -0.260. The molecule has 4 aromatic rings. The van der Waals surface area contributed by atoms with Crippen molar-refractivity contribution in [3.8, 4) is 5.75 Å². The van der Waals surface area contributed by atoms with Gasteiger partial charge in [0.25, 0.3) is 5.91 Å². The Morgan fingerprint density at radius 1 is 0.848 bits per heavy atom. The van der Waals surface area contributed by atoms with E-state index in [-0.39, 0.29) is 5.91 Å². The molecule has 5 heteroatoms. The summed E-state index contributed by atoms with van der Waals surface area (Å²) in [5, 5.41) is 2.88. The van der Waals surface area contributed by atoms with E-state index in [1.807, 2.05) is 73.7 Å². The molecule has 0 aliphatic rings. The van der Waals surface area contributed by atoms with Gasteiger partial charge in [-0.15, -0.1) is 0 Å². The third-order valence-corrected chi connectivity index (χ3v) is 5.41. The van der Waals surface area contributed by atoms with Crippen LogP contribution in [-0.2, 0) is 19.6 Å². The van der Waals surface area contributed by atoms with E-state index in [9.17, 15) is 4.79 Å². The molecule has 0 bridgehead atoms. The lowest BCUT2D eigenvalue weighted by Crippen LogP contribution is -2.22. The maximum atomic E-state index is 12.6. The van der Waals surface area contributed by atoms with Crippen molar-refractivity contribution >= 4 is 11.6 Å². The maximum absolute atomic E-state index is 12.6. The number of aryl methyl sites for hydroxylation is 1. The zero-order valence-corrected chi connectivity index (χ0v) is 19.0. The molecule has 0 aliphatic carbocycles. The first-order valence-electron chi connectivity index (χ1n) is 11.0. The first kappa shape index (κ1) is 22.4. The Hall–Kier alpha value is -3.83. The van der Waals surface area contributed by atoms with E-state index in [0.29, 0.717) is 18.8 Å². The van der Waals surface area contributed by atoms with Crippen LogP contribution in [-0.4, -0.2) is 17.9 Å². The molecule has 0 atom stereocenters. The molecule has 0 radical (unpaired) electrons. The number of carbonyl (C=O) groups excluding carboxylic acids is 1. The molecule has 0 saturated heterocycles. The highest BCUT2D eigenvalue weighted by Gasteiger charge is 2.16. The number of methoxy groups -OCH3 is 1. The zero-order chi connectivity index (χ0) is 23.0. The van der Waals surface area contributed by atoms with E-state index in [1.54, 1.807) is 13.2 Å². The molecule has 1 amide bonds. The van der Waals surface area contributed by atoms with Gasteiger partial charge in [0.1, 0.15) is 11.5 Å². The fraction of sp³-hybridized carbons (Fsp3) is 0.179. The lowest BCUT2D eigenvalue weighted by atomic mass is 10.1. The third kappa shape index (κ3) is 6.11. The summed E-state index contributed by atoms with van der Waals surface area (Å²) < 4.78 is 11.5. The first-order valence-corrected chi connectivity index (χ1v) is 11.0. The van der Waals surface area contributed by atoms with Crippen LogP contribution in [0.2, 0.25) is 0 Å². The van der Waals surface area contributed by atoms with Crippen molar-refractivity contribution in [2.45, 2.75) is 26.6 Å². The van der Waals surface area contributed by atoms with Crippen LogP contribution in [0.15, 0.2) is 95.4 Å². The van der Waals surface area contributed by atoms with Crippen LogP contribution >= 0.6 is 0 Å². The molecular weight excluding hydrogens is 412 g/mol. The first-order chi connectivity index (χ1) is 16.1. The number of amides is 1. The molecule has 0 unspecified atom stereocenters. The molecule has 33 heavy (non-hydrogen) atoms. The normalized spacial score (nSPS) is 10.9. The monoisotopic (exact) mass is 440 g/mol. The quantitative estimate of drug-likeness (QED) is 0.344. The van der Waals surface area contributed by atoms with Gasteiger partial charge in [-0.3, -0.25) is 9.69 Å². The number of nitrogens with zero attached hydrogens (tertiary/aromatic N) is 1. The highest BCUT2D eigenvalue weighted by atomic mass is 16.5. The fourth-order valence-corrected chi connectivity index (χ4v) is 3.72. The fourth-order valence-electron chi connectivity index (χ4n) is 3.72. The van der Waals surface area contributed by atoms with Crippen LogP contribution in [0.1, 0.15) is 33.0 Å². The summed E-state index contributed by atoms with van der Waals surface area (Å²) in [5.74, 6) is 1.62. The number of furan rings is 1. The molecule has 5 nitrogen and oxygen atoms in total. The van der Waals surface area contributed by atoms with Gasteiger partial charge in [0, 0.05) is 24.3 Å². The molecule has 3 aromatic carbocycles. The second-order valence-corrected chi connectivity index (χ2v) is 8.03. The SMILES string of the molecule is COc1ccccc1CN(Cc1ccccc1)Cc1ccc(C(=O)Nc2ccc(C)cc2)o1. The van der Waals surface area contributed by atoms with E-state index in [2.05, 4.69) is 28.4 Å². The average molecular weight is 441 g/mol. The Morgan fingerprint density at radius 3 is 2.33 bits per heavy atom. The van der Waals surface area contributed by atoms with Crippen LogP contribution in [0.3, 0.4) is 0 Å². The third-order valence-electron chi connectivity index (χ3n) is 5.41. The van der Waals surface area contributed by atoms with E-state index < -0.39 is 0 Å². The molecule has 0 aliphatic heterocycles. The van der Waals surface area contributed by atoms with Gasteiger partial charge in [-0.05, 0) is 42.8 Å². The number of carbonyl (C=O) groups is 1. The highest BCUT2D eigenvalue weighted by Crippen LogP contribution is 2.22. The number of ether oxygens (including phenoxy) is 1. The number of hydrogen-bond donors (Lipinski definition) is 1. The van der Waals surface area contributed by atoms with Crippen molar-refractivity contribution in [1.82, 2.24) is 4.90 Å². The number of benzene rings is 3. The highest BCUT2D eigenvalue weighted by molar-refractivity contribution is 6.02. The minimum Gasteiger partial charge on any atom is -0.496 e. The molecule has 1 aromatic heterocycles. The van der Waals surface area contributed by atoms with Gasteiger partial charge in [0.2, 0.25) is 0 Å². The van der Waals surface area contributed by atoms with E-state index in [4.69, 9.17) is 9.15 Å². The summed E-state index contributed by atoms with van der Waals surface area (Å²) in [6.07, 6.45) is 0. The Kier molecular flexibility index (Phi) is 7.22. The van der Waals surface area contributed by atoms with Crippen LogP contribution in [0.4, 0.5) is 5.69 Å². The van der Waals surface area contributed by atoms with Crippen molar-refractivity contribution in [3.63, 3.8) is 0 Å². The lowest BCUT2D eigenvalue weighted by Gasteiger charge is -2.22. The summed E-state index contributed by atoms with van der Waals surface area (Å²) in [6, 6.07) is 29.6. The molecule has 168 valence electrons. The van der Waals surface area contributed by atoms with E-state index in [1.165, 1.54) is 5.56 Å². The standard InChI is InChI=1S/C28H28N2O3/c1-21-12-14-24(15-13-21)29-28(31)27-17-16-25(33-27)20-30(18-22-8-4-3-5-9-22)19-23-10-6-7-11-26(23)32-2/h3-17H,18-20H2,1-2H3,(H,29,31). The van der Waals surface area contributed by atoms with Crippen molar-refractivity contribution in [2.75, 3.05) is 12.4 Å².